The zero-order valence-corrected chi connectivity index (χ0v) is 39.4. The smallest absolute Gasteiger partial charge is 0.184 e. The molecular formula is C55H106N+. The minimum Gasteiger partial charge on any atom is -0.202 e. The van der Waals surface area contributed by atoms with E-state index in [1.807, 2.05) is 0 Å². The second kappa shape index (κ2) is 45.2. The fourth-order valence-corrected chi connectivity index (χ4v) is 9.20. The van der Waals surface area contributed by atoms with E-state index in [4.69, 9.17) is 0 Å². The van der Waals surface area contributed by atoms with Crippen molar-refractivity contribution in [3.8, 4) is 0 Å². The summed E-state index contributed by atoms with van der Waals surface area (Å²) < 4.78 is 2.69. The third-order valence-corrected chi connectivity index (χ3v) is 13.1. The molecule has 0 saturated carbocycles. The summed E-state index contributed by atoms with van der Waals surface area (Å²) in [5.41, 5.74) is 3.37. The van der Waals surface area contributed by atoms with Crippen molar-refractivity contribution in [2.45, 2.75) is 323 Å². The van der Waals surface area contributed by atoms with Crippen molar-refractivity contribution in [3.05, 3.63) is 29.6 Å². The summed E-state index contributed by atoms with van der Waals surface area (Å²) in [5, 5.41) is 0. The van der Waals surface area contributed by atoms with E-state index in [0.29, 0.717) is 0 Å². The van der Waals surface area contributed by atoms with Crippen LogP contribution in [0.25, 0.3) is 0 Å². The molecule has 0 amide bonds. The summed E-state index contributed by atoms with van der Waals surface area (Å²) in [7, 11) is 0. The highest BCUT2D eigenvalue weighted by Gasteiger charge is 2.15. The van der Waals surface area contributed by atoms with Crippen LogP contribution in [0.5, 0.6) is 0 Å². The summed E-state index contributed by atoms with van der Waals surface area (Å²) >= 11 is 0. The van der Waals surface area contributed by atoms with E-state index in [9.17, 15) is 0 Å². The van der Waals surface area contributed by atoms with Gasteiger partial charge in [-0.3, -0.25) is 0 Å². The SMILES string of the molecule is CCCCCCCCCCCCCCCCCCCc1ccc[n+](CCCCCCCCCCCC)c1CCCCCCCCCCCCCCCCCCC. The molecule has 1 rings (SSSR count). The lowest BCUT2D eigenvalue weighted by molar-refractivity contribution is -0.705. The van der Waals surface area contributed by atoms with E-state index < -0.39 is 0 Å². The lowest BCUT2D eigenvalue weighted by atomic mass is 9.99. The molecule has 1 heteroatoms. The van der Waals surface area contributed by atoms with E-state index in [1.54, 1.807) is 11.3 Å². The molecule has 0 fully saturated rings. The van der Waals surface area contributed by atoms with E-state index in [0.717, 1.165) is 0 Å². The van der Waals surface area contributed by atoms with E-state index in [-0.39, 0.29) is 0 Å². The number of aryl methyl sites for hydroxylation is 2. The van der Waals surface area contributed by atoms with Gasteiger partial charge in [-0.25, -0.2) is 4.57 Å². The van der Waals surface area contributed by atoms with Crippen molar-refractivity contribution in [2.75, 3.05) is 0 Å². The predicted molar refractivity (Wildman–Crippen MR) is 254 cm³/mol. The summed E-state index contributed by atoms with van der Waals surface area (Å²) in [4.78, 5) is 0. The molecule has 1 aromatic heterocycles. The third-order valence-electron chi connectivity index (χ3n) is 13.1. The van der Waals surface area contributed by atoms with Crippen molar-refractivity contribution >= 4 is 0 Å². The van der Waals surface area contributed by atoms with Gasteiger partial charge in [0, 0.05) is 24.5 Å². The topological polar surface area (TPSA) is 3.88 Å². The average molecular weight is 781 g/mol. The first-order valence-corrected chi connectivity index (χ1v) is 26.8. The molecule has 0 bridgehead atoms. The molecule has 0 radical (unpaired) electrons. The number of hydrogen-bond acceptors (Lipinski definition) is 0. The maximum absolute atomic E-state index is 2.69. The molecule has 0 aromatic carbocycles. The molecule has 0 aliphatic rings. The molecule has 1 heterocycles. The number of aromatic nitrogens is 1. The lowest BCUT2D eigenvalue weighted by Gasteiger charge is -2.11. The molecule has 0 saturated heterocycles. The Morgan fingerprint density at radius 3 is 0.839 bits per heavy atom. The Morgan fingerprint density at radius 1 is 0.286 bits per heavy atom. The van der Waals surface area contributed by atoms with Gasteiger partial charge in [0.05, 0.1) is 0 Å². The number of rotatable bonds is 47. The van der Waals surface area contributed by atoms with Crippen LogP contribution in [0.15, 0.2) is 18.3 Å². The Hall–Kier alpha value is -0.850. The van der Waals surface area contributed by atoms with Gasteiger partial charge in [0.2, 0.25) is 0 Å². The number of pyridine rings is 1. The van der Waals surface area contributed by atoms with Gasteiger partial charge < -0.3 is 0 Å². The van der Waals surface area contributed by atoms with Gasteiger partial charge in [-0.15, -0.1) is 0 Å². The largest absolute Gasteiger partial charge is 0.202 e. The molecule has 0 aliphatic heterocycles. The van der Waals surface area contributed by atoms with E-state index in [2.05, 4.69) is 43.7 Å². The van der Waals surface area contributed by atoms with Gasteiger partial charge in [-0.2, -0.15) is 0 Å². The van der Waals surface area contributed by atoms with Crippen LogP contribution < -0.4 is 4.57 Å². The Balaban J connectivity index is 2.28. The number of unbranched alkanes of at least 4 members (excludes halogenated alkanes) is 41. The van der Waals surface area contributed by atoms with Crippen LogP contribution in [0.3, 0.4) is 0 Å². The molecule has 330 valence electrons. The van der Waals surface area contributed by atoms with Gasteiger partial charge in [0.1, 0.15) is 6.54 Å². The molecule has 0 aliphatic carbocycles. The molecule has 0 spiro atoms. The number of hydrogen-bond donors (Lipinski definition) is 0. The lowest BCUT2D eigenvalue weighted by Crippen LogP contribution is -2.39. The van der Waals surface area contributed by atoms with Crippen LogP contribution in [0.1, 0.15) is 315 Å². The van der Waals surface area contributed by atoms with Crippen molar-refractivity contribution < 1.29 is 4.57 Å². The van der Waals surface area contributed by atoms with Crippen molar-refractivity contribution in [3.63, 3.8) is 0 Å². The van der Waals surface area contributed by atoms with E-state index in [1.165, 1.54) is 302 Å². The number of nitrogens with zero attached hydrogens (tertiary/aromatic N) is 1. The molecular weight excluding hydrogens is 675 g/mol. The van der Waals surface area contributed by atoms with Gasteiger partial charge in [-0.1, -0.05) is 278 Å². The molecule has 56 heavy (non-hydrogen) atoms. The van der Waals surface area contributed by atoms with Crippen molar-refractivity contribution in [2.24, 2.45) is 0 Å². The summed E-state index contributed by atoms with van der Waals surface area (Å²) in [6.45, 7) is 8.19. The summed E-state index contributed by atoms with van der Waals surface area (Å²) in [6.07, 6.45) is 68.7. The fourth-order valence-electron chi connectivity index (χ4n) is 9.20. The van der Waals surface area contributed by atoms with Crippen LogP contribution in [-0.4, -0.2) is 0 Å². The van der Waals surface area contributed by atoms with Crippen LogP contribution >= 0.6 is 0 Å². The minimum absolute atomic E-state index is 1.23. The predicted octanol–water partition coefficient (Wildman–Crippen LogP) is 19.3. The monoisotopic (exact) mass is 781 g/mol. The Morgan fingerprint density at radius 2 is 0.536 bits per heavy atom. The molecule has 0 N–H and O–H groups in total. The zero-order chi connectivity index (χ0) is 40.1. The molecule has 1 aromatic rings. The summed E-state index contributed by atoms with van der Waals surface area (Å²) in [6, 6.07) is 4.86. The normalized spacial score (nSPS) is 11.6. The van der Waals surface area contributed by atoms with Crippen LogP contribution in [0, 0.1) is 0 Å². The van der Waals surface area contributed by atoms with Gasteiger partial charge in [0.15, 0.2) is 11.9 Å². The van der Waals surface area contributed by atoms with Crippen LogP contribution in [0.2, 0.25) is 0 Å². The first-order chi connectivity index (χ1) is 27.8. The first-order valence-electron chi connectivity index (χ1n) is 26.8. The second-order valence-electron chi connectivity index (χ2n) is 18.7. The Bertz CT molecular complexity index is 874. The minimum atomic E-state index is 1.23. The molecule has 1 nitrogen and oxygen atoms in total. The van der Waals surface area contributed by atoms with Gasteiger partial charge in [0.25, 0.3) is 0 Å². The molecule has 0 unspecified atom stereocenters. The highest BCUT2D eigenvalue weighted by atomic mass is 15.0. The van der Waals surface area contributed by atoms with Gasteiger partial charge in [-0.05, 0) is 31.7 Å². The third kappa shape index (κ3) is 36.2. The quantitative estimate of drug-likeness (QED) is 0.0458. The maximum atomic E-state index is 2.69. The Kier molecular flexibility index (Phi) is 43.0. The van der Waals surface area contributed by atoms with E-state index >= 15 is 0 Å². The van der Waals surface area contributed by atoms with Crippen LogP contribution in [-0.2, 0) is 19.4 Å². The Labute approximate surface area is 355 Å². The van der Waals surface area contributed by atoms with Gasteiger partial charge >= 0.3 is 0 Å². The summed E-state index contributed by atoms with van der Waals surface area (Å²) in [5.74, 6) is 0. The van der Waals surface area contributed by atoms with Crippen molar-refractivity contribution in [1.82, 2.24) is 0 Å². The highest BCUT2D eigenvalue weighted by Crippen LogP contribution is 2.19. The van der Waals surface area contributed by atoms with Crippen molar-refractivity contribution in [1.29, 1.82) is 0 Å². The average Bonchev–Trinajstić information content (AvgIpc) is 3.21. The maximum Gasteiger partial charge on any atom is 0.184 e. The van der Waals surface area contributed by atoms with Crippen LogP contribution in [0.4, 0.5) is 0 Å². The highest BCUT2D eigenvalue weighted by molar-refractivity contribution is 5.16. The standard InChI is InChI=1S/C55H106N/c1-4-7-10-13-16-19-22-24-26-28-30-32-34-36-39-42-45-49-54-50-48-53-56(52-47-44-41-38-21-18-15-12-9-6-3)55(54)51-46-43-40-37-35-33-31-29-27-25-23-20-17-14-11-8-5-2/h48,50,53H,4-47,49,51-52H2,1-3H3/q+1. The first kappa shape index (κ1) is 53.2. The fraction of sp³-hybridized carbons (Fsp3) is 0.909. The second-order valence-corrected chi connectivity index (χ2v) is 18.7. The molecule has 0 atom stereocenters. The zero-order valence-electron chi connectivity index (χ0n) is 39.4.